The average molecular weight is 375 g/mol. The Morgan fingerprint density at radius 2 is 1.89 bits per heavy atom. The molecule has 1 unspecified atom stereocenters. The Morgan fingerprint density at radius 3 is 2.61 bits per heavy atom. The van der Waals surface area contributed by atoms with Gasteiger partial charge in [-0.3, -0.25) is 4.79 Å². The lowest BCUT2D eigenvalue weighted by atomic mass is 10.0. The fraction of sp³-hybridized carbons (Fsp3) is 0.391. The van der Waals surface area contributed by atoms with Gasteiger partial charge in [-0.15, -0.1) is 0 Å². The number of oxazole rings is 1. The maximum atomic E-state index is 12.9. The summed E-state index contributed by atoms with van der Waals surface area (Å²) in [4.78, 5) is 21.6. The highest BCUT2D eigenvalue weighted by Crippen LogP contribution is 2.39. The van der Waals surface area contributed by atoms with Crippen molar-refractivity contribution in [2.75, 3.05) is 24.5 Å². The van der Waals surface area contributed by atoms with Crippen LogP contribution < -0.4 is 4.90 Å². The molecule has 0 bridgehead atoms. The molecule has 2 aliphatic rings. The minimum Gasteiger partial charge on any atom is -0.423 e. The lowest BCUT2D eigenvalue weighted by Crippen LogP contribution is -2.54. The summed E-state index contributed by atoms with van der Waals surface area (Å²) in [7, 11) is 0. The molecule has 1 aliphatic carbocycles. The molecule has 2 heterocycles. The Bertz CT molecular complexity index is 958. The highest BCUT2D eigenvalue weighted by atomic mass is 16.4. The zero-order chi connectivity index (χ0) is 19.1. The van der Waals surface area contributed by atoms with E-state index in [2.05, 4.69) is 41.1 Å². The Labute approximate surface area is 165 Å². The second-order valence-electron chi connectivity index (χ2n) is 8.04. The number of hydrogen-bond donors (Lipinski definition) is 0. The quantitative estimate of drug-likeness (QED) is 0.692. The third-order valence-corrected chi connectivity index (χ3v) is 5.88. The first-order chi connectivity index (χ1) is 13.7. The molecule has 2 aromatic carbocycles. The van der Waals surface area contributed by atoms with E-state index in [-0.39, 0.29) is 11.9 Å². The van der Waals surface area contributed by atoms with Gasteiger partial charge in [0.1, 0.15) is 5.52 Å². The van der Waals surface area contributed by atoms with Gasteiger partial charge in [0.05, 0.1) is 6.42 Å². The molecule has 28 heavy (non-hydrogen) atoms. The molecule has 0 spiro atoms. The van der Waals surface area contributed by atoms with Crippen LogP contribution in [0, 0.1) is 0 Å². The summed E-state index contributed by atoms with van der Waals surface area (Å²) in [5.74, 6) is 0.952. The van der Waals surface area contributed by atoms with Gasteiger partial charge in [0.2, 0.25) is 5.91 Å². The van der Waals surface area contributed by atoms with E-state index in [1.165, 1.54) is 18.4 Å². The molecule has 0 N–H and O–H groups in total. The maximum absolute atomic E-state index is 12.9. The molecule has 144 valence electrons. The number of anilines is 1. The topological polar surface area (TPSA) is 49.6 Å². The van der Waals surface area contributed by atoms with Crippen LogP contribution in [0.15, 0.2) is 52.9 Å². The third kappa shape index (κ3) is 3.37. The first-order valence-corrected chi connectivity index (χ1v) is 10.2. The lowest BCUT2D eigenvalue weighted by molar-refractivity contribution is -0.132. The molecule has 1 aromatic heterocycles. The van der Waals surface area contributed by atoms with E-state index in [0.29, 0.717) is 19.0 Å². The molecule has 1 saturated carbocycles. The van der Waals surface area contributed by atoms with Gasteiger partial charge in [-0.25, -0.2) is 0 Å². The largest absolute Gasteiger partial charge is 0.423 e. The number of rotatable bonds is 4. The zero-order valence-electron chi connectivity index (χ0n) is 16.2. The highest BCUT2D eigenvalue weighted by molar-refractivity contribution is 5.79. The van der Waals surface area contributed by atoms with Crippen molar-refractivity contribution in [3.63, 3.8) is 0 Å². The minimum atomic E-state index is 0.127. The molecule has 1 atom stereocenters. The second-order valence-corrected chi connectivity index (χ2v) is 8.04. The van der Waals surface area contributed by atoms with Crippen molar-refractivity contribution in [1.29, 1.82) is 0 Å². The number of piperazine rings is 1. The summed E-state index contributed by atoms with van der Waals surface area (Å²) in [5, 5.41) is 0. The van der Waals surface area contributed by atoms with Crippen molar-refractivity contribution in [2.45, 2.75) is 38.1 Å². The highest BCUT2D eigenvalue weighted by Gasteiger charge is 2.29. The molecule has 5 rings (SSSR count). The number of carbonyl (C=O) groups is 1. The summed E-state index contributed by atoms with van der Waals surface area (Å²) in [6.45, 7) is 4.27. The summed E-state index contributed by atoms with van der Waals surface area (Å²) in [6, 6.07) is 17.2. The van der Waals surface area contributed by atoms with Crippen LogP contribution in [0.25, 0.3) is 11.1 Å². The molecule has 0 radical (unpaired) electrons. The Hall–Kier alpha value is -2.82. The predicted molar refractivity (Wildman–Crippen MR) is 110 cm³/mol. The normalized spacial score (nSPS) is 20.0. The summed E-state index contributed by atoms with van der Waals surface area (Å²) >= 11 is 0. The van der Waals surface area contributed by atoms with Crippen LogP contribution in [0.1, 0.15) is 36.8 Å². The molecule has 5 nitrogen and oxygen atoms in total. The van der Waals surface area contributed by atoms with E-state index in [9.17, 15) is 4.79 Å². The van der Waals surface area contributed by atoms with Gasteiger partial charge >= 0.3 is 0 Å². The SMILES string of the molecule is CC1CN(c2nc3ccccc3o2)CCN1C(=O)Cc1ccc(C2CC2)cc1. The molecular formula is C23H25N3O2. The number of fused-ring (bicyclic) bond motifs is 1. The summed E-state index contributed by atoms with van der Waals surface area (Å²) in [5.41, 5.74) is 4.19. The van der Waals surface area contributed by atoms with E-state index in [1.807, 2.05) is 29.2 Å². The Kier molecular flexibility index (Phi) is 4.30. The van der Waals surface area contributed by atoms with E-state index in [4.69, 9.17) is 4.42 Å². The smallest absolute Gasteiger partial charge is 0.298 e. The van der Waals surface area contributed by atoms with Crippen molar-refractivity contribution in [3.05, 3.63) is 59.7 Å². The first kappa shape index (κ1) is 17.3. The first-order valence-electron chi connectivity index (χ1n) is 10.2. The summed E-state index contributed by atoms with van der Waals surface area (Å²) in [6.07, 6.45) is 3.08. The van der Waals surface area contributed by atoms with E-state index < -0.39 is 0 Å². The van der Waals surface area contributed by atoms with E-state index >= 15 is 0 Å². The van der Waals surface area contributed by atoms with Crippen LogP contribution in [-0.2, 0) is 11.2 Å². The number of aromatic nitrogens is 1. The van der Waals surface area contributed by atoms with Gasteiger partial charge in [-0.2, -0.15) is 4.98 Å². The van der Waals surface area contributed by atoms with Crippen molar-refractivity contribution >= 4 is 23.0 Å². The van der Waals surface area contributed by atoms with Crippen molar-refractivity contribution in [2.24, 2.45) is 0 Å². The van der Waals surface area contributed by atoms with Gasteiger partial charge in [-0.05, 0) is 48.9 Å². The standard InChI is InChI=1S/C23H25N3O2/c1-16-15-25(23-24-20-4-2-3-5-21(20)28-23)12-13-26(16)22(27)14-17-6-8-18(9-7-17)19-10-11-19/h2-9,16,19H,10-15H2,1H3. The van der Waals surface area contributed by atoms with Crippen LogP contribution in [-0.4, -0.2) is 41.5 Å². The van der Waals surface area contributed by atoms with Gasteiger partial charge < -0.3 is 14.2 Å². The van der Waals surface area contributed by atoms with Crippen molar-refractivity contribution in [1.82, 2.24) is 9.88 Å². The number of para-hydroxylation sites is 2. The number of benzene rings is 2. The van der Waals surface area contributed by atoms with Crippen LogP contribution in [0.2, 0.25) is 0 Å². The van der Waals surface area contributed by atoms with Crippen LogP contribution in [0.5, 0.6) is 0 Å². The van der Waals surface area contributed by atoms with Gasteiger partial charge in [-0.1, -0.05) is 36.4 Å². The molecule has 1 saturated heterocycles. The van der Waals surface area contributed by atoms with Gasteiger partial charge in [0.25, 0.3) is 6.01 Å². The summed E-state index contributed by atoms with van der Waals surface area (Å²) < 4.78 is 5.89. The number of amides is 1. The third-order valence-electron chi connectivity index (χ3n) is 5.88. The number of carbonyl (C=O) groups excluding carboxylic acids is 1. The van der Waals surface area contributed by atoms with Crippen molar-refractivity contribution < 1.29 is 9.21 Å². The van der Waals surface area contributed by atoms with Crippen molar-refractivity contribution in [3.8, 4) is 0 Å². The van der Waals surface area contributed by atoms with Crippen LogP contribution >= 0.6 is 0 Å². The molecule has 2 fully saturated rings. The molecule has 1 aliphatic heterocycles. The molecule has 3 aromatic rings. The molecular weight excluding hydrogens is 350 g/mol. The molecule has 5 heteroatoms. The number of nitrogens with zero attached hydrogens (tertiary/aromatic N) is 3. The van der Waals surface area contributed by atoms with Gasteiger partial charge in [0, 0.05) is 25.7 Å². The fourth-order valence-electron chi connectivity index (χ4n) is 4.10. The van der Waals surface area contributed by atoms with E-state index in [0.717, 1.165) is 35.7 Å². The Balaban J connectivity index is 1.23. The Morgan fingerprint density at radius 1 is 1.11 bits per heavy atom. The van der Waals surface area contributed by atoms with E-state index in [1.54, 1.807) is 0 Å². The number of hydrogen-bond acceptors (Lipinski definition) is 4. The monoisotopic (exact) mass is 375 g/mol. The fourth-order valence-corrected chi connectivity index (χ4v) is 4.10. The lowest BCUT2D eigenvalue weighted by Gasteiger charge is -2.39. The zero-order valence-corrected chi connectivity index (χ0v) is 16.2. The predicted octanol–water partition coefficient (Wildman–Crippen LogP) is 3.99. The minimum absolute atomic E-state index is 0.127. The average Bonchev–Trinajstić information content (AvgIpc) is 3.46. The molecule has 1 amide bonds. The second kappa shape index (κ2) is 6.97. The van der Waals surface area contributed by atoms with Gasteiger partial charge in [0.15, 0.2) is 5.58 Å². The maximum Gasteiger partial charge on any atom is 0.298 e. The van der Waals surface area contributed by atoms with Crippen LogP contribution in [0.4, 0.5) is 6.01 Å². The van der Waals surface area contributed by atoms with Crippen LogP contribution in [0.3, 0.4) is 0 Å².